The highest BCUT2D eigenvalue weighted by Crippen LogP contribution is 2.21. The molecule has 1 aromatic rings. The maximum atomic E-state index is 12.5. The largest absolute Gasteiger partial charge is 0.337 e. The minimum atomic E-state index is 0.0841. The second-order valence-electron chi connectivity index (χ2n) is 5.89. The fourth-order valence-corrected chi connectivity index (χ4v) is 3.76. The Balaban J connectivity index is 1.83. The molecule has 2 N–H and O–H groups in total. The van der Waals surface area contributed by atoms with Crippen LogP contribution in [0.15, 0.2) is 5.38 Å². The van der Waals surface area contributed by atoms with E-state index in [4.69, 9.17) is 5.73 Å². The first-order valence-electron chi connectivity index (χ1n) is 8.34. The first-order chi connectivity index (χ1) is 10.7. The Morgan fingerprint density at radius 2 is 2.09 bits per heavy atom. The number of nitrogens with zero attached hydrogens (tertiary/aromatic N) is 3. The van der Waals surface area contributed by atoms with Crippen molar-refractivity contribution in [3.63, 3.8) is 0 Å². The van der Waals surface area contributed by atoms with Gasteiger partial charge in [-0.2, -0.15) is 0 Å². The minimum Gasteiger partial charge on any atom is -0.337 e. The molecule has 1 aliphatic rings. The van der Waals surface area contributed by atoms with E-state index in [1.807, 2.05) is 10.3 Å². The Kier molecular flexibility index (Phi) is 6.79. The van der Waals surface area contributed by atoms with Crippen LogP contribution in [0.2, 0.25) is 0 Å². The molecule has 0 aromatic carbocycles. The Hall–Kier alpha value is -0.980. The van der Waals surface area contributed by atoms with Gasteiger partial charge in [-0.05, 0) is 38.4 Å². The lowest BCUT2D eigenvalue weighted by Gasteiger charge is -2.34. The standard InChI is InChI=1S/C16H28N4OS/c1-3-19(4-2)11-13-6-9-20(10-7-13)16(21)14-12-22-15(18-14)5-8-17/h12-13H,3-11,17H2,1-2H3. The highest BCUT2D eigenvalue weighted by molar-refractivity contribution is 7.09. The number of carbonyl (C=O) groups is 1. The molecule has 124 valence electrons. The van der Waals surface area contributed by atoms with Gasteiger partial charge in [0, 0.05) is 31.4 Å². The fourth-order valence-electron chi connectivity index (χ4n) is 2.97. The monoisotopic (exact) mass is 324 g/mol. The number of rotatable bonds is 7. The quantitative estimate of drug-likeness (QED) is 0.831. The van der Waals surface area contributed by atoms with Gasteiger partial charge in [-0.25, -0.2) is 4.98 Å². The third-order valence-electron chi connectivity index (χ3n) is 4.44. The zero-order chi connectivity index (χ0) is 15.9. The molecule has 0 radical (unpaired) electrons. The third-order valence-corrected chi connectivity index (χ3v) is 5.35. The van der Waals surface area contributed by atoms with Crippen LogP contribution in [0.25, 0.3) is 0 Å². The first-order valence-corrected chi connectivity index (χ1v) is 9.21. The summed E-state index contributed by atoms with van der Waals surface area (Å²) >= 11 is 1.54. The molecule has 22 heavy (non-hydrogen) atoms. The van der Waals surface area contributed by atoms with Gasteiger partial charge in [0.05, 0.1) is 5.01 Å². The second kappa shape index (κ2) is 8.60. The van der Waals surface area contributed by atoms with Crippen molar-refractivity contribution in [1.82, 2.24) is 14.8 Å². The molecule has 5 nitrogen and oxygen atoms in total. The van der Waals surface area contributed by atoms with Gasteiger partial charge >= 0.3 is 0 Å². The van der Waals surface area contributed by atoms with Gasteiger partial charge in [0.15, 0.2) is 0 Å². The molecule has 0 saturated carbocycles. The SMILES string of the molecule is CCN(CC)CC1CCN(C(=O)c2csc(CCN)n2)CC1. The van der Waals surface area contributed by atoms with Gasteiger partial charge in [0.1, 0.15) is 5.69 Å². The van der Waals surface area contributed by atoms with Gasteiger partial charge in [-0.1, -0.05) is 13.8 Å². The van der Waals surface area contributed by atoms with Crippen molar-refractivity contribution < 1.29 is 4.79 Å². The molecular weight excluding hydrogens is 296 g/mol. The molecule has 1 fully saturated rings. The van der Waals surface area contributed by atoms with E-state index in [1.54, 1.807) is 0 Å². The average molecular weight is 324 g/mol. The predicted molar refractivity (Wildman–Crippen MR) is 91.3 cm³/mol. The van der Waals surface area contributed by atoms with Gasteiger partial charge in [-0.3, -0.25) is 4.79 Å². The van der Waals surface area contributed by atoms with Crippen LogP contribution >= 0.6 is 11.3 Å². The first kappa shape index (κ1) is 17.4. The maximum Gasteiger partial charge on any atom is 0.273 e. The van der Waals surface area contributed by atoms with Crippen LogP contribution in [0.4, 0.5) is 0 Å². The van der Waals surface area contributed by atoms with E-state index >= 15 is 0 Å². The second-order valence-corrected chi connectivity index (χ2v) is 6.83. The summed E-state index contributed by atoms with van der Waals surface area (Å²) in [6.07, 6.45) is 2.95. The summed E-state index contributed by atoms with van der Waals surface area (Å²) < 4.78 is 0. The number of hydrogen-bond donors (Lipinski definition) is 1. The average Bonchev–Trinajstić information content (AvgIpc) is 3.01. The summed E-state index contributed by atoms with van der Waals surface area (Å²) in [4.78, 5) is 21.3. The lowest BCUT2D eigenvalue weighted by atomic mass is 9.96. The van der Waals surface area contributed by atoms with Crippen molar-refractivity contribution in [3.8, 4) is 0 Å². The Morgan fingerprint density at radius 1 is 1.41 bits per heavy atom. The molecule has 0 aliphatic carbocycles. The van der Waals surface area contributed by atoms with Crippen molar-refractivity contribution in [2.24, 2.45) is 11.7 Å². The van der Waals surface area contributed by atoms with Gasteiger partial charge in [0.2, 0.25) is 0 Å². The van der Waals surface area contributed by atoms with E-state index in [0.717, 1.165) is 57.0 Å². The van der Waals surface area contributed by atoms with Gasteiger partial charge in [-0.15, -0.1) is 11.3 Å². The summed E-state index contributed by atoms with van der Waals surface area (Å²) in [5, 5.41) is 2.83. The number of piperidine rings is 1. The summed E-state index contributed by atoms with van der Waals surface area (Å²) in [5.74, 6) is 0.799. The van der Waals surface area contributed by atoms with Crippen LogP contribution in [-0.2, 0) is 6.42 Å². The Labute approximate surface area is 137 Å². The molecule has 1 saturated heterocycles. The molecule has 2 rings (SSSR count). The number of nitrogens with two attached hydrogens (primary N) is 1. The van der Waals surface area contributed by atoms with Crippen molar-refractivity contribution in [2.45, 2.75) is 33.1 Å². The summed E-state index contributed by atoms with van der Waals surface area (Å²) in [6, 6.07) is 0. The normalized spacial score (nSPS) is 16.5. The molecule has 6 heteroatoms. The molecule has 0 spiro atoms. The van der Waals surface area contributed by atoms with Crippen LogP contribution in [0.3, 0.4) is 0 Å². The molecular formula is C16H28N4OS. The highest BCUT2D eigenvalue weighted by atomic mass is 32.1. The predicted octanol–water partition coefficient (Wildman–Crippen LogP) is 1.84. The summed E-state index contributed by atoms with van der Waals surface area (Å²) in [5.41, 5.74) is 6.13. The number of thiazole rings is 1. The highest BCUT2D eigenvalue weighted by Gasteiger charge is 2.25. The van der Waals surface area contributed by atoms with Crippen LogP contribution in [0.5, 0.6) is 0 Å². The van der Waals surface area contributed by atoms with E-state index in [2.05, 4.69) is 23.7 Å². The molecule has 2 heterocycles. The number of amides is 1. The topological polar surface area (TPSA) is 62.5 Å². The van der Waals surface area contributed by atoms with Crippen LogP contribution in [0, 0.1) is 5.92 Å². The molecule has 1 amide bonds. The fraction of sp³-hybridized carbons (Fsp3) is 0.750. The van der Waals surface area contributed by atoms with E-state index in [0.29, 0.717) is 18.2 Å². The maximum absolute atomic E-state index is 12.5. The van der Waals surface area contributed by atoms with Gasteiger partial charge < -0.3 is 15.5 Å². The molecule has 0 atom stereocenters. The van der Waals surface area contributed by atoms with Crippen molar-refractivity contribution >= 4 is 17.2 Å². The van der Waals surface area contributed by atoms with E-state index in [1.165, 1.54) is 11.3 Å². The van der Waals surface area contributed by atoms with Crippen molar-refractivity contribution in [2.75, 3.05) is 39.3 Å². The van der Waals surface area contributed by atoms with E-state index < -0.39 is 0 Å². The summed E-state index contributed by atoms with van der Waals surface area (Å²) in [6.45, 7) is 10.1. The zero-order valence-corrected chi connectivity index (χ0v) is 14.6. The number of hydrogen-bond acceptors (Lipinski definition) is 5. The molecule has 0 unspecified atom stereocenters. The zero-order valence-electron chi connectivity index (χ0n) is 13.8. The van der Waals surface area contributed by atoms with Crippen molar-refractivity contribution in [3.05, 3.63) is 16.1 Å². The minimum absolute atomic E-state index is 0.0841. The van der Waals surface area contributed by atoms with Crippen molar-refractivity contribution in [1.29, 1.82) is 0 Å². The smallest absolute Gasteiger partial charge is 0.273 e. The van der Waals surface area contributed by atoms with Crippen LogP contribution in [0.1, 0.15) is 42.2 Å². The van der Waals surface area contributed by atoms with E-state index in [9.17, 15) is 4.79 Å². The van der Waals surface area contributed by atoms with Gasteiger partial charge in [0.25, 0.3) is 5.91 Å². The van der Waals surface area contributed by atoms with Crippen LogP contribution in [-0.4, -0.2) is 60.0 Å². The molecule has 1 aromatic heterocycles. The van der Waals surface area contributed by atoms with Crippen LogP contribution < -0.4 is 5.73 Å². The number of aromatic nitrogens is 1. The number of likely N-dealkylation sites (tertiary alicyclic amines) is 1. The lowest BCUT2D eigenvalue weighted by molar-refractivity contribution is 0.0664. The Morgan fingerprint density at radius 3 is 2.68 bits per heavy atom. The molecule has 0 bridgehead atoms. The van der Waals surface area contributed by atoms with E-state index in [-0.39, 0.29) is 5.91 Å². The Bertz CT molecular complexity index is 464. The lowest BCUT2D eigenvalue weighted by Crippen LogP contribution is -2.41. The third kappa shape index (κ3) is 4.51. The number of carbonyl (C=O) groups excluding carboxylic acids is 1. The molecule has 1 aliphatic heterocycles. The summed E-state index contributed by atoms with van der Waals surface area (Å²) in [7, 11) is 0.